The highest BCUT2D eigenvalue weighted by Gasteiger charge is 2.06. The fraction of sp³-hybridized carbons (Fsp3) is 0.250. The molecule has 7 heteroatoms. The van der Waals surface area contributed by atoms with Gasteiger partial charge in [-0.25, -0.2) is 0 Å². The van der Waals surface area contributed by atoms with Crippen molar-refractivity contribution in [3.05, 3.63) is 40.1 Å². The molecule has 1 aromatic heterocycles. The second-order valence-corrected chi connectivity index (χ2v) is 5.23. The van der Waals surface area contributed by atoms with E-state index in [1.54, 1.807) is 0 Å². The Morgan fingerprint density at radius 2 is 1.84 bits per heavy atom. The van der Waals surface area contributed by atoms with Gasteiger partial charge in [0.2, 0.25) is 5.28 Å². The summed E-state index contributed by atoms with van der Waals surface area (Å²) in [6.07, 6.45) is 0. The van der Waals surface area contributed by atoms with E-state index in [9.17, 15) is 0 Å². The van der Waals surface area contributed by atoms with Crippen molar-refractivity contribution in [3.8, 4) is 6.01 Å². The molecule has 2 aromatic rings. The number of nitrogens with zero attached hydrogens (tertiary/aromatic N) is 3. The first-order valence-corrected chi connectivity index (χ1v) is 7.33. The third-order valence-corrected chi connectivity index (χ3v) is 3.46. The Morgan fingerprint density at radius 1 is 1.11 bits per heavy atom. The Labute approximate surface area is 125 Å². The van der Waals surface area contributed by atoms with Crippen LogP contribution in [0.2, 0.25) is 10.3 Å². The van der Waals surface area contributed by atoms with Crippen LogP contribution in [0.3, 0.4) is 0 Å². The van der Waals surface area contributed by atoms with Crippen LogP contribution in [0.25, 0.3) is 0 Å². The van der Waals surface area contributed by atoms with Gasteiger partial charge in [0.15, 0.2) is 5.16 Å². The lowest BCUT2D eigenvalue weighted by Gasteiger charge is -2.04. The minimum atomic E-state index is 0.136. The molecule has 4 nitrogen and oxygen atoms in total. The van der Waals surface area contributed by atoms with E-state index in [4.69, 9.17) is 27.9 Å². The van der Waals surface area contributed by atoms with E-state index in [0.29, 0.717) is 11.8 Å². The van der Waals surface area contributed by atoms with Crippen LogP contribution in [-0.4, -0.2) is 21.6 Å². The molecule has 0 fully saturated rings. The zero-order chi connectivity index (χ0) is 13.7. The fourth-order valence-electron chi connectivity index (χ4n) is 1.30. The Hall–Kier alpha value is -1.04. The fourth-order valence-corrected chi connectivity index (χ4v) is 2.41. The molecule has 1 aromatic carbocycles. The SMILES string of the molecule is CCOc1nc(Cl)nc(SCc2ccc(Cl)cc2)n1. The van der Waals surface area contributed by atoms with Gasteiger partial charge < -0.3 is 4.74 Å². The summed E-state index contributed by atoms with van der Waals surface area (Å²) in [4.78, 5) is 12.1. The van der Waals surface area contributed by atoms with Crippen LogP contribution in [0.4, 0.5) is 0 Å². The normalized spacial score (nSPS) is 10.5. The van der Waals surface area contributed by atoms with E-state index in [2.05, 4.69) is 15.0 Å². The number of benzene rings is 1. The van der Waals surface area contributed by atoms with Crippen molar-refractivity contribution in [1.29, 1.82) is 0 Å². The topological polar surface area (TPSA) is 47.9 Å². The standard InChI is InChI=1S/C12H11Cl2N3OS/c1-2-18-11-15-10(14)16-12(17-11)19-7-8-3-5-9(13)6-4-8/h3-6H,2,7H2,1H3. The molecule has 19 heavy (non-hydrogen) atoms. The summed E-state index contributed by atoms with van der Waals surface area (Å²) in [5.41, 5.74) is 1.13. The number of aromatic nitrogens is 3. The molecular weight excluding hydrogens is 305 g/mol. The molecule has 0 amide bonds. The predicted molar refractivity (Wildman–Crippen MR) is 77.0 cm³/mol. The van der Waals surface area contributed by atoms with Crippen molar-refractivity contribution in [2.45, 2.75) is 17.8 Å². The number of ether oxygens (including phenoxy) is 1. The van der Waals surface area contributed by atoms with Crippen molar-refractivity contribution in [3.63, 3.8) is 0 Å². The van der Waals surface area contributed by atoms with Crippen LogP contribution < -0.4 is 4.74 Å². The van der Waals surface area contributed by atoms with Crippen LogP contribution in [0, 0.1) is 0 Å². The van der Waals surface area contributed by atoms with Gasteiger partial charge in [0, 0.05) is 10.8 Å². The minimum absolute atomic E-state index is 0.136. The molecule has 0 saturated carbocycles. The summed E-state index contributed by atoms with van der Waals surface area (Å²) in [5.74, 6) is 0.725. The second kappa shape index (κ2) is 6.93. The van der Waals surface area contributed by atoms with Crippen molar-refractivity contribution < 1.29 is 4.74 Å². The Kier molecular flexibility index (Phi) is 5.24. The van der Waals surface area contributed by atoms with Gasteiger partial charge >= 0.3 is 6.01 Å². The summed E-state index contributed by atoms with van der Waals surface area (Å²) in [5, 5.41) is 1.39. The maximum Gasteiger partial charge on any atom is 0.321 e. The van der Waals surface area contributed by atoms with Crippen molar-refractivity contribution in [2.75, 3.05) is 6.61 Å². The number of rotatable bonds is 5. The molecule has 100 valence electrons. The Balaban J connectivity index is 2.04. The smallest absolute Gasteiger partial charge is 0.321 e. The van der Waals surface area contributed by atoms with Gasteiger partial charge in [0.1, 0.15) is 0 Å². The van der Waals surface area contributed by atoms with E-state index in [0.717, 1.165) is 16.3 Å². The number of hydrogen-bond donors (Lipinski definition) is 0. The predicted octanol–water partition coefficient (Wildman–Crippen LogP) is 3.87. The van der Waals surface area contributed by atoms with Gasteiger partial charge in [-0.2, -0.15) is 15.0 Å². The van der Waals surface area contributed by atoms with Crippen molar-refractivity contribution >= 4 is 35.0 Å². The van der Waals surface area contributed by atoms with E-state index < -0.39 is 0 Å². The first-order valence-electron chi connectivity index (χ1n) is 5.59. The van der Waals surface area contributed by atoms with E-state index in [-0.39, 0.29) is 11.3 Å². The van der Waals surface area contributed by atoms with Crippen LogP contribution in [0.5, 0.6) is 6.01 Å². The van der Waals surface area contributed by atoms with Gasteiger partial charge in [-0.1, -0.05) is 35.5 Å². The molecule has 0 aliphatic heterocycles. The highest BCUT2D eigenvalue weighted by Crippen LogP contribution is 2.22. The summed E-state index contributed by atoms with van der Waals surface area (Å²) < 4.78 is 5.22. The van der Waals surface area contributed by atoms with Crippen LogP contribution in [0.1, 0.15) is 12.5 Å². The lowest BCUT2D eigenvalue weighted by Crippen LogP contribution is -2.00. The van der Waals surface area contributed by atoms with Crippen LogP contribution in [0.15, 0.2) is 29.4 Å². The molecule has 0 atom stereocenters. The minimum Gasteiger partial charge on any atom is -0.464 e. The zero-order valence-electron chi connectivity index (χ0n) is 10.1. The van der Waals surface area contributed by atoms with E-state index >= 15 is 0 Å². The molecule has 0 aliphatic rings. The van der Waals surface area contributed by atoms with Gasteiger partial charge in [0.05, 0.1) is 6.61 Å². The number of hydrogen-bond acceptors (Lipinski definition) is 5. The lowest BCUT2D eigenvalue weighted by atomic mass is 10.2. The molecule has 1 heterocycles. The Morgan fingerprint density at radius 3 is 2.53 bits per heavy atom. The van der Waals surface area contributed by atoms with E-state index in [1.165, 1.54) is 11.8 Å². The van der Waals surface area contributed by atoms with Crippen LogP contribution in [-0.2, 0) is 5.75 Å². The zero-order valence-corrected chi connectivity index (χ0v) is 12.5. The lowest BCUT2D eigenvalue weighted by molar-refractivity contribution is 0.307. The van der Waals surface area contributed by atoms with Gasteiger partial charge in [-0.3, -0.25) is 0 Å². The van der Waals surface area contributed by atoms with Crippen LogP contribution >= 0.6 is 35.0 Å². The molecule has 0 spiro atoms. The summed E-state index contributed by atoms with van der Waals surface area (Å²) in [7, 11) is 0. The molecule has 0 N–H and O–H groups in total. The van der Waals surface area contributed by atoms with Gasteiger partial charge in [-0.15, -0.1) is 0 Å². The molecular formula is C12H11Cl2N3OS. The quantitative estimate of drug-likeness (QED) is 0.784. The molecule has 0 bridgehead atoms. The molecule has 2 rings (SSSR count). The number of halogens is 2. The maximum atomic E-state index is 5.83. The van der Waals surface area contributed by atoms with Gasteiger partial charge in [-0.05, 0) is 36.2 Å². The van der Waals surface area contributed by atoms with E-state index in [1.807, 2.05) is 31.2 Å². The molecule has 0 aliphatic carbocycles. The average molecular weight is 316 g/mol. The monoisotopic (exact) mass is 315 g/mol. The number of thioether (sulfide) groups is 1. The highest BCUT2D eigenvalue weighted by molar-refractivity contribution is 7.98. The summed E-state index contributed by atoms with van der Waals surface area (Å²) in [6.45, 7) is 2.35. The molecule has 0 radical (unpaired) electrons. The third kappa shape index (κ3) is 4.53. The molecule has 0 saturated heterocycles. The summed E-state index contributed by atoms with van der Waals surface area (Å²) in [6, 6.07) is 7.87. The first kappa shape index (κ1) is 14.4. The largest absolute Gasteiger partial charge is 0.464 e. The third-order valence-electron chi connectivity index (χ3n) is 2.12. The average Bonchev–Trinajstić information content (AvgIpc) is 2.38. The summed E-state index contributed by atoms with van der Waals surface area (Å²) >= 11 is 13.1. The highest BCUT2D eigenvalue weighted by atomic mass is 35.5. The first-order chi connectivity index (χ1) is 9.17. The van der Waals surface area contributed by atoms with Crippen molar-refractivity contribution in [1.82, 2.24) is 15.0 Å². The Bertz CT molecular complexity index is 551. The maximum absolute atomic E-state index is 5.83. The van der Waals surface area contributed by atoms with Gasteiger partial charge in [0.25, 0.3) is 0 Å². The second-order valence-electron chi connectivity index (χ2n) is 3.52. The van der Waals surface area contributed by atoms with Crippen molar-refractivity contribution in [2.24, 2.45) is 0 Å². The molecule has 0 unspecified atom stereocenters.